The molecule has 1 fully saturated rings. The molecule has 0 heterocycles. The quantitative estimate of drug-likeness (QED) is 0.518. The van der Waals surface area contributed by atoms with Crippen LogP contribution in [0.4, 0.5) is 0 Å². The normalized spacial score (nSPS) is 18.7. The third kappa shape index (κ3) is 1.73. The minimum absolute atomic E-state index is 1.32. The molecule has 0 radical (unpaired) electrons. The van der Waals surface area contributed by atoms with Crippen LogP contribution in [0, 0.1) is 0 Å². The summed E-state index contributed by atoms with van der Waals surface area (Å²) in [5, 5.41) is 0. The van der Waals surface area contributed by atoms with Crippen molar-refractivity contribution in [2.45, 2.75) is 39.0 Å². The fraction of sp³-hybridized carbons (Fsp3) is 0.600. The summed E-state index contributed by atoms with van der Waals surface area (Å²) < 4.78 is 0. The molecule has 0 N–H and O–H groups in total. The van der Waals surface area contributed by atoms with E-state index in [1.807, 2.05) is 6.08 Å². The van der Waals surface area contributed by atoms with E-state index in [9.17, 15) is 0 Å². The fourth-order valence-corrected chi connectivity index (χ4v) is 1.52. The summed E-state index contributed by atoms with van der Waals surface area (Å²) in [6, 6.07) is 0. The zero-order chi connectivity index (χ0) is 7.40. The lowest BCUT2D eigenvalue weighted by Crippen LogP contribution is -1.95. The van der Waals surface area contributed by atoms with Gasteiger partial charge in [-0.25, -0.2) is 0 Å². The van der Waals surface area contributed by atoms with Gasteiger partial charge in [-0.05, 0) is 32.6 Å². The first-order chi connectivity index (χ1) is 4.84. The van der Waals surface area contributed by atoms with Gasteiger partial charge in [-0.15, -0.1) is 0 Å². The lowest BCUT2D eigenvalue weighted by atomic mass is 9.91. The van der Waals surface area contributed by atoms with E-state index in [2.05, 4.69) is 13.5 Å². The summed E-state index contributed by atoms with van der Waals surface area (Å²) >= 11 is 0. The molecule has 0 heteroatoms. The summed E-state index contributed by atoms with van der Waals surface area (Å²) in [6.07, 6.45) is 8.82. The predicted molar refractivity (Wildman–Crippen MR) is 46.0 cm³/mol. The molecule has 0 aromatic rings. The number of rotatable bonds is 1. The lowest BCUT2D eigenvalue weighted by Gasteiger charge is -2.15. The van der Waals surface area contributed by atoms with Gasteiger partial charge in [-0.2, -0.15) is 0 Å². The Kier molecular flexibility index (Phi) is 2.73. The third-order valence-electron chi connectivity index (χ3n) is 2.32. The number of hydrogen-bond donors (Lipinski definition) is 0. The van der Waals surface area contributed by atoms with Crippen LogP contribution >= 0.6 is 0 Å². The SMILES string of the molecule is C=CC(C)=C1CCCCC1. The van der Waals surface area contributed by atoms with Crippen molar-refractivity contribution in [2.24, 2.45) is 0 Å². The van der Waals surface area contributed by atoms with Crippen molar-refractivity contribution in [1.82, 2.24) is 0 Å². The molecule has 1 aliphatic carbocycles. The van der Waals surface area contributed by atoms with Crippen molar-refractivity contribution in [2.75, 3.05) is 0 Å². The Balaban J connectivity index is 2.59. The largest absolute Gasteiger partial charge is 0.0988 e. The summed E-state index contributed by atoms with van der Waals surface area (Å²) in [5.41, 5.74) is 3.06. The van der Waals surface area contributed by atoms with Crippen LogP contribution in [-0.2, 0) is 0 Å². The highest BCUT2D eigenvalue weighted by atomic mass is 14.1. The Morgan fingerprint density at radius 1 is 1.30 bits per heavy atom. The lowest BCUT2D eigenvalue weighted by molar-refractivity contribution is 0.595. The van der Waals surface area contributed by atoms with Crippen LogP contribution in [-0.4, -0.2) is 0 Å². The second kappa shape index (κ2) is 3.60. The van der Waals surface area contributed by atoms with Gasteiger partial charge in [0.1, 0.15) is 0 Å². The van der Waals surface area contributed by atoms with E-state index in [-0.39, 0.29) is 0 Å². The van der Waals surface area contributed by atoms with Crippen molar-refractivity contribution in [3.05, 3.63) is 23.8 Å². The van der Waals surface area contributed by atoms with Crippen molar-refractivity contribution < 1.29 is 0 Å². The summed E-state index contributed by atoms with van der Waals surface area (Å²) in [5.74, 6) is 0. The molecule has 1 aliphatic rings. The standard InChI is InChI=1S/C10H16/c1-3-9(2)10-7-5-4-6-8-10/h3H,1,4-8H2,2H3. The second-order valence-corrected chi connectivity index (χ2v) is 3.05. The summed E-state index contributed by atoms with van der Waals surface area (Å²) in [4.78, 5) is 0. The van der Waals surface area contributed by atoms with E-state index in [1.54, 1.807) is 5.57 Å². The Hall–Kier alpha value is -0.520. The van der Waals surface area contributed by atoms with Gasteiger partial charge in [0, 0.05) is 0 Å². The minimum Gasteiger partial charge on any atom is -0.0988 e. The van der Waals surface area contributed by atoms with Crippen LogP contribution in [0.3, 0.4) is 0 Å². The van der Waals surface area contributed by atoms with Gasteiger partial charge in [0.05, 0.1) is 0 Å². The molecule has 0 aliphatic heterocycles. The molecular weight excluding hydrogens is 120 g/mol. The Morgan fingerprint density at radius 3 is 2.40 bits per heavy atom. The van der Waals surface area contributed by atoms with E-state index in [0.717, 1.165) is 0 Å². The van der Waals surface area contributed by atoms with Crippen LogP contribution in [0.15, 0.2) is 23.8 Å². The fourth-order valence-electron chi connectivity index (χ4n) is 1.52. The van der Waals surface area contributed by atoms with Crippen LogP contribution < -0.4 is 0 Å². The third-order valence-corrected chi connectivity index (χ3v) is 2.32. The maximum Gasteiger partial charge on any atom is -0.0315 e. The van der Waals surface area contributed by atoms with E-state index in [1.165, 1.54) is 37.7 Å². The highest BCUT2D eigenvalue weighted by Crippen LogP contribution is 2.25. The van der Waals surface area contributed by atoms with Gasteiger partial charge >= 0.3 is 0 Å². The zero-order valence-electron chi connectivity index (χ0n) is 6.82. The molecule has 56 valence electrons. The van der Waals surface area contributed by atoms with E-state index in [4.69, 9.17) is 0 Å². The zero-order valence-corrected chi connectivity index (χ0v) is 6.82. The van der Waals surface area contributed by atoms with Gasteiger partial charge in [0.25, 0.3) is 0 Å². The van der Waals surface area contributed by atoms with Gasteiger partial charge < -0.3 is 0 Å². The highest BCUT2D eigenvalue weighted by Gasteiger charge is 2.05. The van der Waals surface area contributed by atoms with E-state index < -0.39 is 0 Å². The molecular formula is C10H16. The molecule has 0 unspecified atom stereocenters. The highest BCUT2D eigenvalue weighted by molar-refractivity contribution is 5.22. The minimum atomic E-state index is 1.32. The molecule has 0 aromatic heterocycles. The molecule has 0 atom stereocenters. The topological polar surface area (TPSA) is 0 Å². The first-order valence-corrected chi connectivity index (χ1v) is 4.15. The summed E-state index contributed by atoms with van der Waals surface area (Å²) in [6.45, 7) is 5.95. The van der Waals surface area contributed by atoms with Gasteiger partial charge in [0.2, 0.25) is 0 Å². The van der Waals surface area contributed by atoms with Crippen molar-refractivity contribution in [1.29, 1.82) is 0 Å². The molecule has 0 spiro atoms. The first-order valence-electron chi connectivity index (χ1n) is 4.15. The van der Waals surface area contributed by atoms with Crippen LogP contribution in [0.25, 0.3) is 0 Å². The summed E-state index contributed by atoms with van der Waals surface area (Å²) in [7, 11) is 0. The smallest absolute Gasteiger partial charge is 0.0315 e. The predicted octanol–water partition coefficient (Wildman–Crippen LogP) is 3.45. The van der Waals surface area contributed by atoms with Crippen LogP contribution in [0.2, 0.25) is 0 Å². The second-order valence-electron chi connectivity index (χ2n) is 3.05. The molecule has 1 saturated carbocycles. The molecule has 0 bridgehead atoms. The van der Waals surface area contributed by atoms with Gasteiger partial charge in [0.15, 0.2) is 0 Å². The first kappa shape index (κ1) is 7.59. The van der Waals surface area contributed by atoms with E-state index in [0.29, 0.717) is 0 Å². The molecule has 0 aromatic carbocycles. The van der Waals surface area contributed by atoms with E-state index >= 15 is 0 Å². The molecule has 1 rings (SSSR count). The van der Waals surface area contributed by atoms with Gasteiger partial charge in [-0.3, -0.25) is 0 Å². The number of hydrogen-bond acceptors (Lipinski definition) is 0. The maximum atomic E-state index is 3.78. The van der Waals surface area contributed by atoms with Crippen LogP contribution in [0.1, 0.15) is 39.0 Å². The molecule has 0 nitrogen and oxygen atoms in total. The van der Waals surface area contributed by atoms with Crippen molar-refractivity contribution >= 4 is 0 Å². The molecule has 0 saturated heterocycles. The van der Waals surface area contributed by atoms with Gasteiger partial charge in [-0.1, -0.05) is 30.2 Å². The Morgan fingerprint density at radius 2 is 1.90 bits per heavy atom. The average Bonchev–Trinajstić information content (AvgIpc) is 2.05. The van der Waals surface area contributed by atoms with Crippen LogP contribution in [0.5, 0.6) is 0 Å². The molecule has 0 amide bonds. The van der Waals surface area contributed by atoms with Crippen molar-refractivity contribution in [3.63, 3.8) is 0 Å². The maximum absolute atomic E-state index is 3.78. The Bertz CT molecular complexity index is 143. The Labute approximate surface area is 63.6 Å². The average molecular weight is 136 g/mol. The molecule has 10 heavy (non-hydrogen) atoms. The monoisotopic (exact) mass is 136 g/mol. The van der Waals surface area contributed by atoms with Crippen molar-refractivity contribution in [3.8, 4) is 0 Å². The number of allylic oxidation sites excluding steroid dienone is 3.